The van der Waals surface area contributed by atoms with Gasteiger partial charge in [-0.15, -0.1) is 0 Å². The maximum atomic E-state index is 9.74. The van der Waals surface area contributed by atoms with Crippen LogP contribution in [0.4, 0.5) is 0 Å². The molecule has 1 aromatic heterocycles. The molecule has 1 aliphatic carbocycles. The van der Waals surface area contributed by atoms with E-state index < -0.39 is 0 Å². The topological polar surface area (TPSA) is 58.0 Å². The molecule has 1 saturated carbocycles. The number of aromatic nitrogens is 2. The van der Waals surface area contributed by atoms with Gasteiger partial charge in [0, 0.05) is 18.4 Å². The van der Waals surface area contributed by atoms with E-state index in [-0.39, 0.29) is 12.1 Å². The molecule has 4 heteroatoms. The number of hydrogen-bond donors (Lipinski definition) is 2. The Labute approximate surface area is 89.8 Å². The van der Waals surface area contributed by atoms with Crippen LogP contribution in [0, 0.1) is 0 Å². The van der Waals surface area contributed by atoms with Crippen LogP contribution in [-0.4, -0.2) is 27.2 Å². The van der Waals surface area contributed by atoms with Crippen LogP contribution in [0.3, 0.4) is 0 Å². The third-order valence-corrected chi connectivity index (χ3v) is 2.87. The van der Waals surface area contributed by atoms with Crippen LogP contribution >= 0.6 is 0 Å². The predicted octanol–water partition coefficient (Wildman–Crippen LogP) is 0.870. The molecule has 0 radical (unpaired) electrons. The molecule has 0 saturated heterocycles. The molecule has 2 N–H and O–H groups in total. The molecule has 2 rings (SSSR count). The minimum absolute atomic E-state index is 0.206. The van der Waals surface area contributed by atoms with Crippen molar-refractivity contribution < 1.29 is 5.11 Å². The van der Waals surface area contributed by atoms with Crippen LogP contribution in [0.1, 0.15) is 31.5 Å². The fraction of sp³-hybridized carbons (Fsp3) is 0.636. The average Bonchev–Trinajstić information content (AvgIpc) is 2.29. The lowest BCUT2D eigenvalue weighted by molar-refractivity contribution is 0.0899. The summed E-state index contributed by atoms with van der Waals surface area (Å²) in [6.07, 6.45) is 7.57. The number of aliphatic hydroxyl groups excluding tert-OH is 1. The molecular formula is C11H17N3O. The molecule has 2 atom stereocenters. The Morgan fingerprint density at radius 2 is 2.00 bits per heavy atom. The van der Waals surface area contributed by atoms with E-state index in [2.05, 4.69) is 15.3 Å². The van der Waals surface area contributed by atoms with E-state index in [1.165, 1.54) is 6.42 Å². The monoisotopic (exact) mass is 207 g/mol. The first kappa shape index (κ1) is 10.5. The van der Waals surface area contributed by atoms with Gasteiger partial charge in [-0.1, -0.05) is 12.8 Å². The third-order valence-electron chi connectivity index (χ3n) is 2.87. The van der Waals surface area contributed by atoms with E-state index in [4.69, 9.17) is 0 Å². The predicted molar refractivity (Wildman–Crippen MR) is 57.1 cm³/mol. The third kappa shape index (κ3) is 2.97. The Morgan fingerprint density at radius 3 is 2.73 bits per heavy atom. The average molecular weight is 207 g/mol. The van der Waals surface area contributed by atoms with E-state index in [0.29, 0.717) is 6.54 Å². The second-order valence-corrected chi connectivity index (χ2v) is 4.00. The first-order valence-corrected chi connectivity index (χ1v) is 5.53. The lowest BCUT2D eigenvalue weighted by Gasteiger charge is -2.28. The van der Waals surface area contributed by atoms with Crippen molar-refractivity contribution in [2.75, 3.05) is 0 Å². The molecule has 0 unspecified atom stereocenters. The van der Waals surface area contributed by atoms with Gasteiger partial charge in [0.05, 0.1) is 12.6 Å². The van der Waals surface area contributed by atoms with Crippen LogP contribution in [0.25, 0.3) is 0 Å². The molecule has 1 heterocycles. The van der Waals surface area contributed by atoms with Gasteiger partial charge in [0.25, 0.3) is 0 Å². The van der Waals surface area contributed by atoms with Crippen LogP contribution in [0.2, 0.25) is 0 Å². The minimum atomic E-state index is -0.206. The highest BCUT2D eigenvalue weighted by Gasteiger charge is 2.22. The highest BCUT2D eigenvalue weighted by molar-refractivity contribution is 4.89. The van der Waals surface area contributed by atoms with Gasteiger partial charge >= 0.3 is 0 Å². The molecule has 82 valence electrons. The summed E-state index contributed by atoms with van der Waals surface area (Å²) < 4.78 is 0. The Kier molecular flexibility index (Phi) is 3.64. The van der Waals surface area contributed by atoms with Gasteiger partial charge in [-0.05, 0) is 18.9 Å². The molecule has 4 nitrogen and oxygen atoms in total. The van der Waals surface area contributed by atoms with Gasteiger partial charge in [-0.25, -0.2) is 9.97 Å². The van der Waals surface area contributed by atoms with Crippen LogP contribution < -0.4 is 5.32 Å². The van der Waals surface area contributed by atoms with E-state index in [9.17, 15) is 5.11 Å². The SMILES string of the molecule is O[C@H]1CCCC[C@@H]1NCc1ncccn1. The summed E-state index contributed by atoms with van der Waals surface area (Å²) >= 11 is 0. The van der Waals surface area contributed by atoms with Crippen molar-refractivity contribution >= 4 is 0 Å². The van der Waals surface area contributed by atoms with Crippen LogP contribution in [-0.2, 0) is 6.54 Å². The highest BCUT2D eigenvalue weighted by Crippen LogP contribution is 2.18. The summed E-state index contributed by atoms with van der Waals surface area (Å²) in [6.45, 7) is 0.641. The van der Waals surface area contributed by atoms with E-state index in [0.717, 1.165) is 25.1 Å². The molecule has 1 aromatic rings. The summed E-state index contributed by atoms with van der Waals surface area (Å²) in [6, 6.07) is 2.02. The van der Waals surface area contributed by atoms with Crippen molar-refractivity contribution in [2.24, 2.45) is 0 Å². The lowest BCUT2D eigenvalue weighted by Crippen LogP contribution is -2.41. The maximum absolute atomic E-state index is 9.74. The molecular weight excluding hydrogens is 190 g/mol. The quantitative estimate of drug-likeness (QED) is 0.772. The summed E-state index contributed by atoms with van der Waals surface area (Å²) in [5, 5.41) is 13.1. The van der Waals surface area contributed by atoms with Gasteiger partial charge in [0.2, 0.25) is 0 Å². The molecule has 0 spiro atoms. The lowest BCUT2D eigenvalue weighted by atomic mass is 9.93. The molecule has 15 heavy (non-hydrogen) atoms. The number of nitrogens with zero attached hydrogens (tertiary/aromatic N) is 2. The number of hydrogen-bond acceptors (Lipinski definition) is 4. The van der Waals surface area contributed by atoms with Gasteiger partial charge < -0.3 is 10.4 Å². The fourth-order valence-corrected chi connectivity index (χ4v) is 1.99. The molecule has 1 fully saturated rings. The molecule has 1 aliphatic rings. The highest BCUT2D eigenvalue weighted by atomic mass is 16.3. The zero-order valence-corrected chi connectivity index (χ0v) is 8.76. The number of aliphatic hydroxyl groups is 1. The van der Waals surface area contributed by atoms with Gasteiger partial charge in [0.1, 0.15) is 5.82 Å². The normalized spacial score (nSPS) is 26.5. The van der Waals surface area contributed by atoms with E-state index >= 15 is 0 Å². The van der Waals surface area contributed by atoms with Crippen molar-refractivity contribution in [2.45, 2.75) is 44.4 Å². The summed E-state index contributed by atoms with van der Waals surface area (Å²) in [5.74, 6) is 0.787. The Morgan fingerprint density at radius 1 is 1.27 bits per heavy atom. The first-order valence-electron chi connectivity index (χ1n) is 5.53. The van der Waals surface area contributed by atoms with E-state index in [1.54, 1.807) is 18.5 Å². The van der Waals surface area contributed by atoms with Gasteiger partial charge in [-0.2, -0.15) is 0 Å². The van der Waals surface area contributed by atoms with Crippen molar-refractivity contribution in [3.63, 3.8) is 0 Å². The second kappa shape index (κ2) is 5.19. The Balaban J connectivity index is 1.82. The minimum Gasteiger partial charge on any atom is -0.392 e. The van der Waals surface area contributed by atoms with Crippen LogP contribution in [0.5, 0.6) is 0 Å². The largest absolute Gasteiger partial charge is 0.392 e. The number of nitrogens with one attached hydrogen (secondary N) is 1. The fourth-order valence-electron chi connectivity index (χ4n) is 1.99. The van der Waals surface area contributed by atoms with Gasteiger partial charge in [0.15, 0.2) is 0 Å². The van der Waals surface area contributed by atoms with Gasteiger partial charge in [-0.3, -0.25) is 0 Å². The second-order valence-electron chi connectivity index (χ2n) is 4.00. The summed E-state index contributed by atoms with van der Waals surface area (Å²) in [7, 11) is 0. The maximum Gasteiger partial charge on any atom is 0.141 e. The molecule has 0 amide bonds. The molecule has 0 aliphatic heterocycles. The van der Waals surface area contributed by atoms with Crippen molar-refractivity contribution in [1.29, 1.82) is 0 Å². The first-order chi connectivity index (χ1) is 7.36. The Hall–Kier alpha value is -1.00. The smallest absolute Gasteiger partial charge is 0.141 e. The standard InChI is InChI=1S/C11H17N3O/c15-10-5-2-1-4-9(10)14-8-11-12-6-3-7-13-11/h3,6-7,9-10,14-15H,1-2,4-5,8H2/t9-,10-/m0/s1. The van der Waals surface area contributed by atoms with Crippen molar-refractivity contribution in [1.82, 2.24) is 15.3 Å². The number of rotatable bonds is 3. The van der Waals surface area contributed by atoms with Crippen LogP contribution in [0.15, 0.2) is 18.5 Å². The summed E-state index contributed by atoms with van der Waals surface area (Å²) in [4.78, 5) is 8.27. The summed E-state index contributed by atoms with van der Waals surface area (Å²) in [5.41, 5.74) is 0. The zero-order chi connectivity index (χ0) is 10.5. The van der Waals surface area contributed by atoms with Crippen molar-refractivity contribution in [3.05, 3.63) is 24.3 Å². The van der Waals surface area contributed by atoms with Crippen molar-refractivity contribution in [3.8, 4) is 0 Å². The Bertz CT molecular complexity index is 291. The van der Waals surface area contributed by atoms with E-state index in [1.807, 2.05) is 0 Å². The molecule has 0 bridgehead atoms. The zero-order valence-electron chi connectivity index (χ0n) is 8.76. The molecule has 0 aromatic carbocycles.